The van der Waals surface area contributed by atoms with Gasteiger partial charge >= 0.3 is 0 Å². The molecule has 3 rings (SSSR count). The lowest BCUT2D eigenvalue weighted by atomic mass is 9.88. The fourth-order valence-electron chi connectivity index (χ4n) is 3.26. The number of nitrogens with zero attached hydrogens (tertiary/aromatic N) is 2. The zero-order chi connectivity index (χ0) is 15.4. The minimum atomic E-state index is -0.518. The zero-order valence-corrected chi connectivity index (χ0v) is 12.5. The first-order valence-electron chi connectivity index (χ1n) is 7.63. The van der Waals surface area contributed by atoms with Gasteiger partial charge in [0, 0.05) is 12.7 Å². The maximum absolute atomic E-state index is 12.8. The smallest absolute Gasteiger partial charge is 0.272 e. The van der Waals surface area contributed by atoms with Gasteiger partial charge in [-0.1, -0.05) is 36.4 Å². The van der Waals surface area contributed by atoms with Crippen LogP contribution >= 0.6 is 0 Å². The molecule has 1 N–H and O–H groups in total. The van der Waals surface area contributed by atoms with Crippen LogP contribution in [0.1, 0.15) is 28.9 Å². The number of likely N-dealkylation sites (tertiary alicyclic amines) is 1. The molecule has 0 bridgehead atoms. The van der Waals surface area contributed by atoms with Crippen LogP contribution in [0.15, 0.2) is 54.7 Å². The summed E-state index contributed by atoms with van der Waals surface area (Å²) in [7, 11) is 0. The largest absolute Gasteiger partial charge is 0.394 e. The summed E-state index contributed by atoms with van der Waals surface area (Å²) in [5, 5.41) is 10.0. The van der Waals surface area contributed by atoms with Gasteiger partial charge in [0.25, 0.3) is 5.91 Å². The molecule has 0 aliphatic carbocycles. The third-order valence-electron chi connectivity index (χ3n) is 4.40. The second-order valence-electron chi connectivity index (χ2n) is 5.82. The van der Waals surface area contributed by atoms with Crippen LogP contribution in [0.4, 0.5) is 0 Å². The van der Waals surface area contributed by atoms with Gasteiger partial charge in [0.15, 0.2) is 0 Å². The number of hydrogen-bond acceptors (Lipinski definition) is 3. The number of aliphatic hydroxyl groups excluding tert-OH is 1. The van der Waals surface area contributed by atoms with Crippen molar-refractivity contribution in [2.24, 2.45) is 0 Å². The lowest BCUT2D eigenvalue weighted by Gasteiger charge is -2.37. The summed E-state index contributed by atoms with van der Waals surface area (Å²) in [6.07, 6.45) is 4.02. The first-order valence-corrected chi connectivity index (χ1v) is 7.63. The Bertz CT molecular complexity index is 630. The van der Waals surface area contributed by atoms with E-state index >= 15 is 0 Å². The van der Waals surface area contributed by atoms with Crippen LogP contribution in [-0.2, 0) is 6.42 Å². The second-order valence-corrected chi connectivity index (χ2v) is 5.82. The number of hydrogen-bond donors (Lipinski definition) is 1. The van der Waals surface area contributed by atoms with Crippen molar-refractivity contribution in [2.45, 2.75) is 24.8 Å². The van der Waals surface area contributed by atoms with Crippen LogP contribution in [0.5, 0.6) is 0 Å². The van der Waals surface area contributed by atoms with Gasteiger partial charge in [0.1, 0.15) is 5.69 Å². The Hall–Kier alpha value is -2.20. The Kier molecular flexibility index (Phi) is 4.20. The summed E-state index contributed by atoms with van der Waals surface area (Å²) < 4.78 is 0. The highest BCUT2D eigenvalue weighted by atomic mass is 16.3. The molecule has 4 heteroatoms. The van der Waals surface area contributed by atoms with Crippen LogP contribution < -0.4 is 0 Å². The SMILES string of the molecule is O=C(c1ccccn1)N1CCCC1(CO)Cc1ccccc1. The first kappa shape index (κ1) is 14.7. The summed E-state index contributed by atoms with van der Waals surface area (Å²) in [5.74, 6) is -0.0944. The van der Waals surface area contributed by atoms with E-state index in [-0.39, 0.29) is 12.5 Å². The van der Waals surface area contributed by atoms with Crippen molar-refractivity contribution in [1.29, 1.82) is 0 Å². The summed E-state index contributed by atoms with van der Waals surface area (Å²) in [6, 6.07) is 15.4. The zero-order valence-electron chi connectivity index (χ0n) is 12.5. The van der Waals surface area contributed by atoms with Crippen molar-refractivity contribution in [3.8, 4) is 0 Å². The molecule has 1 unspecified atom stereocenters. The molecular weight excluding hydrogens is 276 g/mol. The lowest BCUT2D eigenvalue weighted by molar-refractivity contribution is 0.0407. The molecule has 1 aliphatic rings. The second kappa shape index (κ2) is 6.28. The molecule has 1 fully saturated rings. The predicted molar refractivity (Wildman–Crippen MR) is 84.5 cm³/mol. The van der Waals surface area contributed by atoms with Crippen LogP contribution in [0.2, 0.25) is 0 Å². The summed E-state index contributed by atoms with van der Waals surface area (Å²) >= 11 is 0. The molecule has 4 nitrogen and oxygen atoms in total. The Morgan fingerprint density at radius 2 is 1.95 bits per heavy atom. The van der Waals surface area contributed by atoms with E-state index in [1.165, 1.54) is 0 Å². The van der Waals surface area contributed by atoms with Gasteiger partial charge in [-0.25, -0.2) is 0 Å². The molecule has 0 saturated carbocycles. The Morgan fingerprint density at radius 3 is 2.64 bits per heavy atom. The molecule has 114 valence electrons. The van der Waals surface area contributed by atoms with Gasteiger partial charge in [0.05, 0.1) is 12.1 Å². The summed E-state index contributed by atoms with van der Waals surface area (Å²) in [6.45, 7) is 0.642. The van der Waals surface area contributed by atoms with Crippen molar-refractivity contribution in [3.63, 3.8) is 0 Å². The molecule has 1 saturated heterocycles. The van der Waals surface area contributed by atoms with E-state index in [4.69, 9.17) is 0 Å². The summed E-state index contributed by atoms with van der Waals surface area (Å²) in [5.41, 5.74) is 1.06. The number of benzene rings is 1. The normalized spacial score (nSPS) is 21.0. The number of aromatic nitrogens is 1. The number of carbonyl (C=O) groups excluding carboxylic acids is 1. The van der Waals surface area contributed by atoms with Crippen molar-refractivity contribution < 1.29 is 9.90 Å². The van der Waals surface area contributed by atoms with E-state index < -0.39 is 5.54 Å². The van der Waals surface area contributed by atoms with Crippen LogP contribution in [0, 0.1) is 0 Å². The number of aliphatic hydroxyl groups is 1. The minimum Gasteiger partial charge on any atom is -0.394 e. The third-order valence-corrected chi connectivity index (χ3v) is 4.40. The van der Waals surface area contributed by atoms with E-state index in [0.29, 0.717) is 18.7 Å². The van der Waals surface area contributed by atoms with Crippen molar-refractivity contribution in [1.82, 2.24) is 9.88 Å². The maximum Gasteiger partial charge on any atom is 0.272 e. The molecule has 1 aromatic carbocycles. The molecular formula is C18H20N2O2. The molecule has 1 atom stereocenters. The Labute approximate surface area is 130 Å². The van der Waals surface area contributed by atoms with Crippen LogP contribution in [0.25, 0.3) is 0 Å². The van der Waals surface area contributed by atoms with E-state index in [0.717, 1.165) is 18.4 Å². The molecule has 0 radical (unpaired) electrons. The fraction of sp³-hybridized carbons (Fsp3) is 0.333. The predicted octanol–water partition coefficient (Wildman–Crippen LogP) is 2.29. The van der Waals surface area contributed by atoms with Gasteiger partial charge in [0.2, 0.25) is 0 Å². The van der Waals surface area contributed by atoms with Gasteiger partial charge < -0.3 is 10.0 Å². The topological polar surface area (TPSA) is 53.4 Å². The van der Waals surface area contributed by atoms with Crippen molar-refractivity contribution in [3.05, 3.63) is 66.0 Å². The van der Waals surface area contributed by atoms with E-state index in [9.17, 15) is 9.90 Å². The highest BCUT2D eigenvalue weighted by molar-refractivity contribution is 5.93. The number of amides is 1. The molecule has 2 aromatic rings. The molecule has 1 aliphatic heterocycles. The molecule has 0 spiro atoms. The number of rotatable bonds is 4. The minimum absolute atomic E-state index is 0.0273. The monoisotopic (exact) mass is 296 g/mol. The van der Waals surface area contributed by atoms with Gasteiger partial charge in [-0.2, -0.15) is 0 Å². The van der Waals surface area contributed by atoms with E-state index in [1.807, 2.05) is 41.3 Å². The molecule has 22 heavy (non-hydrogen) atoms. The average molecular weight is 296 g/mol. The molecule has 2 heterocycles. The summed E-state index contributed by atoms with van der Waals surface area (Å²) in [4.78, 5) is 18.7. The van der Waals surface area contributed by atoms with Gasteiger partial charge in [-0.05, 0) is 37.0 Å². The fourth-order valence-corrected chi connectivity index (χ4v) is 3.26. The van der Waals surface area contributed by atoms with Gasteiger partial charge in [-0.15, -0.1) is 0 Å². The van der Waals surface area contributed by atoms with Crippen LogP contribution in [-0.4, -0.2) is 39.6 Å². The highest BCUT2D eigenvalue weighted by Crippen LogP contribution is 2.33. The Balaban J connectivity index is 1.88. The van der Waals surface area contributed by atoms with E-state index in [1.54, 1.807) is 18.3 Å². The standard InChI is InChI=1S/C18H20N2O2/c21-14-18(13-15-7-2-1-3-8-15)10-6-12-20(18)17(22)16-9-4-5-11-19-16/h1-5,7-9,11,21H,6,10,12-14H2. The Morgan fingerprint density at radius 1 is 1.18 bits per heavy atom. The maximum atomic E-state index is 12.8. The van der Waals surface area contributed by atoms with Crippen molar-refractivity contribution >= 4 is 5.91 Å². The quantitative estimate of drug-likeness (QED) is 0.942. The van der Waals surface area contributed by atoms with Crippen LogP contribution in [0.3, 0.4) is 0 Å². The first-order chi connectivity index (χ1) is 10.7. The van der Waals surface area contributed by atoms with E-state index in [2.05, 4.69) is 4.98 Å². The van der Waals surface area contributed by atoms with Crippen molar-refractivity contribution in [2.75, 3.05) is 13.2 Å². The third kappa shape index (κ3) is 2.74. The number of pyridine rings is 1. The number of carbonyl (C=O) groups is 1. The average Bonchev–Trinajstić information content (AvgIpc) is 3.00. The molecule has 1 aromatic heterocycles. The molecule has 1 amide bonds. The lowest BCUT2D eigenvalue weighted by Crippen LogP contribution is -2.51. The highest BCUT2D eigenvalue weighted by Gasteiger charge is 2.43. The van der Waals surface area contributed by atoms with Gasteiger partial charge in [-0.3, -0.25) is 9.78 Å².